The van der Waals surface area contributed by atoms with Crippen molar-refractivity contribution >= 4 is 5.69 Å². The lowest BCUT2D eigenvalue weighted by Crippen LogP contribution is -2.10. The van der Waals surface area contributed by atoms with Crippen LogP contribution in [0.3, 0.4) is 0 Å². The number of benzene rings is 2. The molecular formula is C17H21NO3. The highest BCUT2D eigenvalue weighted by atomic mass is 16.5. The van der Waals surface area contributed by atoms with Crippen molar-refractivity contribution in [1.82, 2.24) is 0 Å². The third-order valence-corrected chi connectivity index (χ3v) is 2.89. The van der Waals surface area contributed by atoms with Crippen LogP contribution < -0.4 is 19.9 Å². The number of rotatable bonds is 7. The third kappa shape index (κ3) is 4.60. The lowest BCUT2D eigenvalue weighted by atomic mass is 10.2. The van der Waals surface area contributed by atoms with Gasteiger partial charge in [0.25, 0.3) is 0 Å². The highest BCUT2D eigenvalue weighted by Crippen LogP contribution is 2.22. The molecule has 0 bridgehead atoms. The fourth-order valence-corrected chi connectivity index (χ4v) is 1.93. The molecule has 0 aliphatic carbocycles. The molecular weight excluding hydrogens is 266 g/mol. The van der Waals surface area contributed by atoms with Crippen molar-refractivity contribution in [3.8, 4) is 17.2 Å². The van der Waals surface area contributed by atoms with Gasteiger partial charge >= 0.3 is 0 Å². The van der Waals surface area contributed by atoms with Crippen molar-refractivity contribution in [2.75, 3.05) is 25.6 Å². The minimum atomic E-state index is 0.437. The van der Waals surface area contributed by atoms with Crippen LogP contribution in [0.2, 0.25) is 0 Å². The Morgan fingerprint density at radius 1 is 0.905 bits per heavy atom. The van der Waals surface area contributed by atoms with Crippen molar-refractivity contribution in [3.05, 3.63) is 48.0 Å². The van der Waals surface area contributed by atoms with Crippen LogP contribution >= 0.6 is 0 Å². The van der Waals surface area contributed by atoms with Gasteiger partial charge in [0.05, 0.1) is 12.3 Å². The number of hydrogen-bond acceptors (Lipinski definition) is 4. The molecule has 0 atom stereocenters. The molecule has 0 amide bonds. The summed E-state index contributed by atoms with van der Waals surface area (Å²) in [6.07, 6.45) is 0. The van der Waals surface area contributed by atoms with Crippen LogP contribution in [0.25, 0.3) is 0 Å². The van der Waals surface area contributed by atoms with Crippen LogP contribution in [0.1, 0.15) is 12.5 Å². The first-order valence-electron chi connectivity index (χ1n) is 7.03. The second-order valence-electron chi connectivity index (χ2n) is 4.65. The number of hydrogen-bond donors (Lipinski definition) is 1. The molecule has 2 rings (SSSR count). The van der Waals surface area contributed by atoms with Gasteiger partial charge in [0.1, 0.15) is 30.5 Å². The Kier molecular flexibility index (Phi) is 5.32. The summed E-state index contributed by atoms with van der Waals surface area (Å²) < 4.78 is 16.7. The molecule has 0 aromatic heterocycles. The number of nitrogens with two attached hydrogens (primary N) is 1. The summed E-state index contributed by atoms with van der Waals surface area (Å²) in [6, 6.07) is 13.3. The summed E-state index contributed by atoms with van der Waals surface area (Å²) in [6.45, 7) is 5.47. The smallest absolute Gasteiger partial charge is 0.142 e. The van der Waals surface area contributed by atoms with E-state index < -0.39 is 0 Å². The minimum absolute atomic E-state index is 0.437. The van der Waals surface area contributed by atoms with Crippen molar-refractivity contribution < 1.29 is 14.2 Å². The van der Waals surface area contributed by atoms with Crippen LogP contribution in [0.15, 0.2) is 42.5 Å². The van der Waals surface area contributed by atoms with Crippen molar-refractivity contribution in [1.29, 1.82) is 0 Å². The summed E-state index contributed by atoms with van der Waals surface area (Å²) in [7, 11) is 0. The van der Waals surface area contributed by atoms with Gasteiger partial charge in [-0.1, -0.05) is 12.1 Å². The van der Waals surface area contributed by atoms with Gasteiger partial charge in [-0.05, 0) is 43.7 Å². The molecule has 112 valence electrons. The Hall–Kier alpha value is -2.36. The lowest BCUT2D eigenvalue weighted by Gasteiger charge is -2.11. The molecule has 0 aliphatic rings. The third-order valence-electron chi connectivity index (χ3n) is 2.89. The van der Waals surface area contributed by atoms with Crippen LogP contribution in [0, 0.1) is 6.92 Å². The second kappa shape index (κ2) is 7.43. The Labute approximate surface area is 125 Å². The van der Waals surface area contributed by atoms with Crippen LogP contribution in [-0.2, 0) is 0 Å². The van der Waals surface area contributed by atoms with Gasteiger partial charge < -0.3 is 19.9 Å². The largest absolute Gasteiger partial charge is 0.494 e. The number of anilines is 1. The summed E-state index contributed by atoms with van der Waals surface area (Å²) in [5, 5.41) is 0. The van der Waals surface area contributed by atoms with Crippen LogP contribution in [0.5, 0.6) is 17.2 Å². The first kappa shape index (κ1) is 15.0. The maximum atomic E-state index is 5.89. The first-order chi connectivity index (χ1) is 10.2. The molecule has 0 heterocycles. The van der Waals surface area contributed by atoms with Crippen LogP contribution in [0.4, 0.5) is 5.69 Å². The minimum Gasteiger partial charge on any atom is -0.494 e. The number of nitrogen functional groups attached to an aromatic ring is 1. The van der Waals surface area contributed by atoms with E-state index in [1.54, 1.807) is 0 Å². The van der Waals surface area contributed by atoms with Gasteiger partial charge in [0.2, 0.25) is 0 Å². The number of aryl methyl sites for hydroxylation is 1. The molecule has 2 aromatic carbocycles. The van der Waals surface area contributed by atoms with Crippen LogP contribution in [-0.4, -0.2) is 19.8 Å². The fourth-order valence-electron chi connectivity index (χ4n) is 1.93. The molecule has 0 radical (unpaired) electrons. The lowest BCUT2D eigenvalue weighted by molar-refractivity contribution is 0.217. The predicted molar refractivity (Wildman–Crippen MR) is 84.2 cm³/mol. The molecule has 0 spiro atoms. The molecule has 0 fully saturated rings. The van der Waals surface area contributed by atoms with Crippen molar-refractivity contribution in [3.63, 3.8) is 0 Å². The van der Waals surface area contributed by atoms with E-state index in [2.05, 4.69) is 0 Å². The summed E-state index contributed by atoms with van der Waals surface area (Å²) >= 11 is 0. The molecule has 0 saturated heterocycles. The predicted octanol–water partition coefficient (Wildman–Crippen LogP) is 3.43. The molecule has 4 heteroatoms. The molecule has 2 aromatic rings. The van der Waals surface area contributed by atoms with Gasteiger partial charge in [-0.15, -0.1) is 0 Å². The van der Waals surface area contributed by atoms with Gasteiger partial charge in [0, 0.05) is 6.07 Å². The van der Waals surface area contributed by atoms with E-state index in [0.29, 0.717) is 31.3 Å². The average molecular weight is 287 g/mol. The standard InChI is InChI=1S/C17H21NO3/c1-3-19-14-5-4-6-15(12-14)20-9-10-21-17-8-7-13(2)11-16(17)18/h4-8,11-12H,3,9-10,18H2,1-2H3. The monoisotopic (exact) mass is 287 g/mol. The second-order valence-corrected chi connectivity index (χ2v) is 4.65. The van der Waals surface area contributed by atoms with E-state index in [1.807, 2.05) is 56.3 Å². The Bertz CT molecular complexity index is 584. The van der Waals surface area contributed by atoms with Gasteiger partial charge in [-0.3, -0.25) is 0 Å². The van der Waals surface area contributed by atoms with E-state index in [4.69, 9.17) is 19.9 Å². The molecule has 2 N–H and O–H groups in total. The normalized spacial score (nSPS) is 10.2. The highest BCUT2D eigenvalue weighted by Gasteiger charge is 2.01. The molecule has 4 nitrogen and oxygen atoms in total. The quantitative estimate of drug-likeness (QED) is 0.626. The van der Waals surface area contributed by atoms with E-state index >= 15 is 0 Å². The summed E-state index contributed by atoms with van der Waals surface area (Å²) in [5.74, 6) is 2.26. The summed E-state index contributed by atoms with van der Waals surface area (Å²) in [5.41, 5.74) is 7.65. The van der Waals surface area contributed by atoms with E-state index in [9.17, 15) is 0 Å². The zero-order valence-electron chi connectivity index (χ0n) is 12.5. The topological polar surface area (TPSA) is 53.7 Å². The summed E-state index contributed by atoms with van der Waals surface area (Å²) in [4.78, 5) is 0. The first-order valence-corrected chi connectivity index (χ1v) is 7.03. The van der Waals surface area contributed by atoms with Crippen molar-refractivity contribution in [2.24, 2.45) is 0 Å². The molecule has 0 saturated carbocycles. The Morgan fingerprint density at radius 2 is 1.62 bits per heavy atom. The Balaban J connectivity index is 1.80. The maximum absolute atomic E-state index is 5.89. The van der Waals surface area contributed by atoms with Gasteiger partial charge in [0.15, 0.2) is 0 Å². The highest BCUT2D eigenvalue weighted by molar-refractivity contribution is 5.54. The van der Waals surface area contributed by atoms with Gasteiger partial charge in [-0.25, -0.2) is 0 Å². The van der Waals surface area contributed by atoms with E-state index in [0.717, 1.165) is 17.1 Å². The number of ether oxygens (including phenoxy) is 3. The van der Waals surface area contributed by atoms with E-state index in [-0.39, 0.29) is 0 Å². The van der Waals surface area contributed by atoms with Gasteiger partial charge in [-0.2, -0.15) is 0 Å². The maximum Gasteiger partial charge on any atom is 0.142 e. The molecule has 0 unspecified atom stereocenters. The van der Waals surface area contributed by atoms with Crippen molar-refractivity contribution in [2.45, 2.75) is 13.8 Å². The molecule has 0 aliphatic heterocycles. The average Bonchev–Trinajstić information content (AvgIpc) is 2.46. The SMILES string of the molecule is CCOc1cccc(OCCOc2ccc(C)cc2N)c1. The van der Waals surface area contributed by atoms with E-state index in [1.165, 1.54) is 0 Å². The zero-order chi connectivity index (χ0) is 15.1. The molecule has 21 heavy (non-hydrogen) atoms. The zero-order valence-corrected chi connectivity index (χ0v) is 12.5. The fraction of sp³-hybridized carbons (Fsp3) is 0.294. The Morgan fingerprint density at radius 3 is 2.33 bits per heavy atom.